The lowest BCUT2D eigenvalue weighted by atomic mass is 10.2. The predicted molar refractivity (Wildman–Crippen MR) is 89.1 cm³/mol. The van der Waals surface area contributed by atoms with Crippen LogP contribution in [0.2, 0.25) is 0 Å². The Morgan fingerprint density at radius 2 is 2.08 bits per heavy atom. The van der Waals surface area contributed by atoms with Crippen LogP contribution in [-0.2, 0) is 17.9 Å². The van der Waals surface area contributed by atoms with Crippen molar-refractivity contribution in [2.24, 2.45) is 0 Å². The van der Waals surface area contributed by atoms with Gasteiger partial charge in [0.05, 0.1) is 11.9 Å². The summed E-state index contributed by atoms with van der Waals surface area (Å²) in [6.07, 6.45) is 1.68. The maximum absolute atomic E-state index is 14.0. The van der Waals surface area contributed by atoms with Crippen LogP contribution < -0.4 is 0 Å². The zero-order valence-corrected chi connectivity index (χ0v) is 13.5. The minimum atomic E-state index is -0.274. The van der Waals surface area contributed by atoms with Gasteiger partial charge < -0.3 is 4.74 Å². The summed E-state index contributed by atoms with van der Waals surface area (Å²) >= 11 is 0. The van der Waals surface area contributed by atoms with Gasteiger partial charge in [-0.25, -0.2) is 19.0 Å². The number of hydrogen-bond donors (Lipinski definition) is 1. The first-order chi connectivity index (χ1) is 12.3. The summed E-state index contributed by atoms with van der Waals surface area (Å²) in [5, 5.41) is 12.4. The molecule has 0 amide bonds. The Morgan fingerprint density at radius 3 is 2.92 bits per heavy atom. The number of hydrogen-bond acceptors (Lipinski definition) is 5. The monoisotopic (exact) mass is 338 g/mol. The summed E-state index contributed by atoms with van der Waals surface area (Å²) in [5.74, 6) is 0.791. The van der Waals surface area contributed by atoms with Crippen LogP contribution in [0, 0.1) is 5.82 Å². The maximum Gasteiger partial charge on any atom is 0.202 e. The van der Waals surface area contributed by atoms with Crippen LogP contribution in [-0.4, -0.2) is 37.1 Å². The molecule has 0 saturated heterocycles. The highest BCUT2D eigenvalue weighted by atomic mass is 19.1. The summed E-state index contributed by atoms with van der Waals surface area (Å²) in [6, 6.07) is 10.3. The molecular formula is C17H15FN6O. The van der Waals surface area contributed by atoms with Gasteiger partial charge in [-0.15, -0.1) is 0 Å². The molecule has 126 valence electrons. The summed E-state index contributed by atoms with van der Waals surface area (Å²) in [6.45, 7) is 0.606. The summed E-state index contributed by atoms with van der Waals surface area (Å²) < 4.78 is 20.7. The molecule has 0 aliphatic carbocycles. The number of benzene rings is 1. The predicted octanol–water partition coefficient (Wildman–Crippen LogP) is 2.55. The molecule has 3 aromatic heterocycles. The van der Waals surface area contributed by atoms with Crippen molar-refractivity contribution in [2.45, 2.75) is 13.2 Å². The molecule has 3 heterocycles. The van der Waals surface area contributed by atoms with Gasteiger partial charge in [0.25, 0.3) is 0 Å². The Balaban J connectivity index is 1.79. The number of ether oxygens (including phenoxy) is 1. The number of nitrogens with one attached hydrogen (secondary N) is 1. The first kappa shape index (κ1) is 15.4. The highest BCUT2D eigenvalue weighted by Crippen LogP contribution is 2.25. The Bertz CT molecular complexity index is 1020. The van der Waals surface area contributed by atoms with Crippen molar-refractivity contribution in [3.8, 4) is 11.5 Å². The topological polar surface area (TPSA) is 81.5 Å². The molecular weight excluding hydrogens is 323 g/mol. The molecule has 0 bridgehead atoms. The van der Waals surface area contributed by atoms with E-state index >= 15 is 0 Å². The highest BCUT2D eigenvalue weighted by molar-refractivity contribution is 5.89. The smallest absolute Gasteiger partial charge is 0.202 e. The second-order valence-corrected chi connectivity index (χ2v) is 5.51. The standard InChI is InChI=1S/C17H15FN6O/c1-25-10-14-20-16(22-21-14)15-12-6-4-8-19-17(12)24(23-15)9-11-5-2-3-7-13(11)18/h2-8H,9-10H2,1H3,(H,20,21,22). The molecule has 0 saturated carbocycles. The molecule has 0 atom stereocenters. The van der Waals surface area contributed by atoms with Crippen molar-refractivity contribution in [3.63, 3.8) is 0 Å². The van der Waals surface area contributed by atoms with E-state index in [2.05, 4.69) is 25.3 Å². The van der Waals surface area contributed by atoms with Crippen molar-refractivity contribution in [3.05, 3.63) is 59.8 Å². The third kappa shape index (κ3) is 2.87. The second-order valence-electron chi connectivity index (χ2n) is 5.51. The average molecular weight is 338 g/mol. The van der Waals surface area contributed by atoms with Crippen LogP contribution in [0.3, 0.4) is 0 Å². The molecule has 0 radical (unpaired) electrons. The van der Waals surface area contributed by atoms with Crippen molar-refractivity contribution in [1.82, 2.24) is 29.9 Å². The highest BCUT2D eigenvalue weighted by Gasteiger charge is 2.17. The fourth-order valence-corrected chi connectivity index (χ4v) is 2.68. The Hall–Kier alpha value is -3.13. The van der Waals surface area contributed by atoms with Gasteiger partial charge in [0, 0.05) is 18.9 Å². The average Bonchev–Trinajstić information content (AvgIpc) is 3.22. The van der Waals surface area contributed by atoms with Gasteiger partial charge in [0.2, 0.25) is 5.82 Å². The second kappa shape index (κ2) is 6.40. The normalized spacial score (nSPS) is 11.3. The minimum Gasteiger partial charge on any atom is -0.377 e. The maximum atomic E-state index is 14.0. The number of fused-ring (bicyclic) bond motifs is 1. The van der Waals surface area contributed by atoms with E-state index in [9.17, 15) is 4.39 Å². The zero-order chi connectivity index (χ0) is 17.2. The number of H-pyrrole nitrogens is 1. The first-order valence-corrected chi connectivity index (χ1v) is 7.72. The van der Waals surface area contributed by atoms with Crippen LogP contribution in [0.15, 0.2) is 42.6 Å². The molecule has 0 aliphatic rings. The molecule has 1 N–H and O–H groups in total. The van der Waals surface area contributed by atoms with E-state index in [1.165, 1.54) is 6.07 Å². The van der Waals surface area contributed by atoms with Gasteiger partial charge in [-0.1, -0.05) is 18.2 Å². The van der Waals surface area contributed by atoms with Crippen molar-refractivity contribution >= 4 is 11.0 Å². The van der Waals surface area contributed by atoms with Gasteiger partial charge in [0.1, 0.15) is 18.1 Å². The molecule has 8 heteroatoms. The van der Waals surface area contributed by atoms with Crippen LogP contribution in [0.5, 0.6) is 0 Å². The number of nitrogens with zero attached hydrogens (tertiary/aromatic N) is 5. The van der Waals surface area contributed by atoms with Gasteiger partial charge >= 0.3 is 0 Å². The van der Waals surface area contributed by atoms with Crippen molar-refractivity contribution in [2.75, 3.05) is 7.11 Å². The van der Waals surface area contributed by atoms with Crippen LogP contribution >= 0.6 is 0 Å². The quantitative estimate of drug-likeness (QED) is 0.605. The Labute approximate surface area is 142 Å². The van der Waals surface area contributed by atoms with E-state index in [0.29, 0.717) is 35.2 Å². The van der Waals surface area contributed by atoms with Gasteiger partial charge in [-0.05, 0) is 18.2 Å². The zero-order valence-electron chi connectivity index (χ0n) is 13.5. The van der Waals surface area contributed by atoms with Crippen molar-refractivity contribution in [1.29, 1.82) is 0 Å². The number of aromatic nitrogens is 6. The number of rotatable bonds is 5. The number of aromatic amines is 1. The summed E-state index contributed by atoms with van der Waals surface area (Å²) in [5.41, 5.74) is 1.79. The lowest BCUT2D eigenvalue weighted by Gasteiger charge is -2.04. The first-order valence-electron chi connectivity index (χ1n) is 7.72. The fourth-order valence-electron chi connectivity index (χ4n) is 2.68. The number of pyridine rings is 1. The van der Waals surface area contributed by atoms with Crippen LogP contribution in [0.25, 0.3) is 22.6 Å². The van der Waals surface area contributed by atoms with Gasteiger partial charge in [-0.2, -0.15) is 10.2 Å². The molecule has 4 aromatic rings. The Kier molecular flexibility index (Phi) is 3.95. The van der Waals surface area contributed by atoms with E-state index in [-0.39, 0.29) is 12.4 Å². The van der Waals surface area contributed by atoms with E-state index in [1.807, 2.05) is 12.1 Å². The molecule has 0 fully saturated rings. The summed E-state index contributed by atoms with van der Waals surface area (Å²) in [7, 11) is 1.59. The molecule has 0 spiro atoms. The third-order valence-electron chi connectivity index (χ3n) is 3.81. The molecule has 4 rings (SSSR count). The van der Waals surface area contributed by atoms with Gasteiger partial charge in [0.15, 0.2) is 11.5 Å². The van der Waals surface area contributed by atoms with Gasteiger partial charge in [-0.3, -0.25) is 5.10 Å². The fraction of sp³-hybridized carbons (Fsp3) is 0.176. The van der Waals surface area contributed by atoms with Crippen molar-refractivity contribution < 1.29 is 9.13 Å². The minimum absolute atomic E-state index is 0.273. The third-order valence-corrected chi connectivity index (χ3v) is 3.81. The molecule has 0 unspecified atom stereocenters. The Morgan fingerprint density at radius 1 is 1.20 bits per heavy atom. The van der Waals surface area contributed by atoms with E-state index in [0.717, 1.165) is 5.39 Å². The lowest BCUT2D eigenvalue weighted by Crippen LogP contribution is -2.04. The lowest BCUT2D eigenvalue weighted by molar-refractivity contribution is 0.178. The van der Waals surface area contributed by atoms with Crippen LogP contribution in [0.4, 0.5) is 4.39 Å². The summed E-state index contributed by atoms with van der Waals surface area (Å²) in [4.78, 5) is 8.77. The number of methoxy groups -OCH3 is 1. The van der Waals surface area contributed by atoms with E-state index in [1.54, 1.807) is 36.2 Å². The molecule has 1 aromatic carbocycles. The molecule has 7 nitrogen and oxygen atoms in total. The largest absolute Gasteiger partial charge is 0.377 e. The molecule has 25 heavy (non-hydrogen) atoms. The molecule has 0 aliphatic heterocycles. The van der Waals surface area contributed by atoms with E-state index in [4.69, 9.17) is 4.74 Å². The number of halogens is 1. The van der Waals surface area contributed by atoms with Crippen LogP contribution in [0.1, 0.15) is 11.4 Å². The van der Waals surface area contributed by atoms with E-state index < -0.39 is 0 Å². The SMILES string of the molecule is COCc1nc(-c2nn(Cc3ccccc3F)c3ncccc23)n[nH]1.